The number of amides is 8. The number of carbonyl (C=O) groups is 9. The van der Waals surface area contributed by atoms with E-state index in [1.807, 2.05) is 0 Å². The molecule has 0 saturated carbocycles. The topological polar surface area (TPSA) is 407 Å². The van der Waals surface area contributed by atoms with Crippen LogP contribution in [0.1, 0.15) is 55.3 Å². The van der Waals surface area contributed by atoms with E-state index in [1.165, 1.54) is 34.8 Å². The van der Waals surface area contributed by atoms with Gasteiger partial charge in [-0.3, -0.25) is 33.7 Å². The van der Waals surface area contributed by atoms with Gasteiger partial charge in [-0.15, -0.1) is 5.10 Å². The molecule has 0 unspecified atom stereocenters. The van der Waals surface area contributed by atoms with Gasteiger partial charge < -0.3 is 94.2 Å². The first kappa shape index (κ1) is 69.1. The van der Waals surface area contributed by atoms with Crippen LogP contribution in [0, 0.1) is 0 Å². The van der Waals surface area contributed by atoms with Crippen molar-refractivity contribution >= 4 is 59.5 Å². The molecule has 32 nitrogen and oxygen atoms in total. The standard InChI is InChI=1S/C50H78N10O22/c1-58(49(69)81-36-40-34-59(57-56-40)11-15-74-18-20-76-22-24-78-26-28-80-30-29-79-27-25-77-23-21-75-19-17-73-14-9-46(65)66)33-38-31-39(5-4-37(38)35-82-50(70)71)54-47(67)41(3-2-10-52-48(51)68)55-43(62)32-53-42(61)8-13-72-16-12-60-44(63)6-7-45(60)64/h4-5,31,34,41H,2-3,6-30,32-33,35-36H2,1H3,(H,53,61)(H,54,67)(H,55,62)(H,65,66)(H,70,71)(H3,51,52,68)/t41-/m0/s1. The molecule has 1 fully saturated rings. The number of hydrogen-bond acceptors (Lipinski definition) is 22. The van der Waals surface area contributed by atoms with E-state index in [0.717, 1.165) is 4.90 Å². The van der Waals surface area contributed by atoms with E-state index in [4.69, 9.17) is 62.9 Å². The molecule has 8 amide bonds. The Balaban J connectivity index is 1.31. The maximum atomic E-state index is 13.6. The third-order valence-corrected chi connectivity index (χ3v) is 11.2. The van der Waals surface area contributed by atoms with Crippen molar-refractivity contribution in [1.29, 1.82) is 0 Å². The van der Waals surface area contributed by atoms with Crippen LogP contribution >= 0.6 is 0 Å². The summed E-state index contributed by atoms with van der Waals surface area (Å²) < 4.78 is 60.5. The molecular weight excluding hydrogens is 1090 g/mol. The second kappa shape index (κ2) is 42.6. The molecule has 0 aliphatic carbocycles. The van der Waals surface area contributed by atoms with Crippen LogP contribution in [0.2, 0.25) is 0 Å². The summed E-state index contributed by atoms with van der Waals surface area (Å²) in [5, 5.41) is 35.9. The molecule has 0 bridgehead atoms. The van der Waals surface area contributed by atoms with Gasteiger partial charge in [0.1, 0.15) is 24.9 Å². The van der Waals surface area contributed by atoms with Crippen molar-refractivity contribution in [2.75, 3.05) is 151 Å². The van der Waals surface area contributed by atoms with E-state index < -0.39 is 61.2 Å². The third-order valence-electron chi connectivity index (χ3n) is 11.2. The van der Waals surface area contributed by atoms with Gasteiger partial charge in [-0.1, -0.05) is 11.3 Å². The first-order valence-corrected chi connectivity index (χ1v) is 26.5. The number of carboxylic acids is 1. The number of aromatic nitrogens is 3. The number of urea groups is 1. The highest BCUT2D eigenvalue weighted by Crippen LogP contribution is 2.20. The summed E-state index contributed by atoms with van der Waals surface area (Å²) in [4.78, 5) is 111. The third kappa shape index (κ3) is 32.9. The fourth-order valence-electron chi connectivity index (χ4n) is 6.99. The van der Waals surface area contributed by atoms with Gasteiger partial charge in [0, 0.05) is 45.1 Å². The van der Waals surface area contributed by atoms with Crippen LogP contribution in [0.4, 0.5) is 20.1 Å². The van der Waals surface area contributed by atoms with Crippen molar-refractivity contribution in [3.05, 3.63) is 41.2 Å². The Labute approximate surface area is 473 Å². The maximum Gasteiger partial charge on any atom is 0.506 e. The average Bonchev–Trinajstić information content (AvgIpc) is 4.18. The molecule has 1 aromatic carbocycles. The van der Waals surface area contributed by atoms with Crippen molar-refractivity contribution in [3.63, 3.8) is 0 Å². The van der Waals surface area contributed by atoms with Gasteiger partial charge in [0.15, 0.2) is 0 Å². The predicted molar refractivity (Wildman–Crippen MR) is 282 cm³/mol. The smallest absolute Gasteiger partial charge is 0.481 e. The molecule has 3 rings (SSSR count). The molecule has 2 heterocycles. The summed E-state index contributed by atoms with van der Waals surface area (Å²) >= 11 is 0. The van der Waals surface area contributed by atoms with E-state index in [2.05, 4.69) is 31.6 Å². The molecule has 1 aliphatic heterocycles. The molecule has 82 heavy (non-hydrogen) atoms. The lowest BCUT2D eigenvalue weighted by atomic mass is 10.1. The zero-order valence-electron chi connectivity index (χ0n) is 46.2. The van der Waals surface area contributed by atoms with Crippen molar-refractivity contribution < 1.29 is 105 Å². The zero-order valence-corrected chi connectivity index (χ0v) is 46.2. The Morgan fingerprint density at radius 2 is 1.20 bits per heavy atom. The quantitative estimate of drug-likeness (QED) is 0.0247. The fourth-order valence-corrected chi connectivity index (χ4v) is 6.99. The number of imide groups is 1. The highest BCUT2D eigenvalue weighted by atomic mass is 16.7. The molecule has 32 heteroatoms. The monoisotopic (exact) mass is 1170 g/mol. The number of likely N-dealkylation sites (tertiary alicyclic amines) is 1. The number of benzene rings is 1. The lowest BCUT2D eigenvalue weighted by Gasteiger charge is -2.21. The van der Waals surface area contributed by atoms with E-state index >= 15 is 0 Å². The number of carboxylic acid groups (broad SMARTS) is 2. The first-order chi connectivity index (χ1) is 39.6. The SMILES string of the molecule is CN(Cc1cc(NC(=O)[C@H](CCCNC(N)=O)NC(=O)CNC(=O)CCOCCN2C(=O)CCC2=O)ccc1COC(=O)O)C(=O)OCc1cn(CCOCCOCCOCCOCCOCCOCCOCCOCCC(=O)O)nn1. The Bertz CT molecular complexity index is 2240. The lowest BCUT2D eigenvalue weighted by molar-refractivity contribution is -0.140. The number of aliphatic carboxylic acids is 1. The van der Waals surface area contributed by atoms with Gasteiger partial charge in [-0.2, -0.15) is 0 Å². The number of anilines is 1. The molecule has 1 atom stereocenters. The molecule has 0 radical (unpaired) electrons. The van der Waals surface area contributed by atoms with Gasteiger partial charge in [0.05, 0.1) is 151 Å². The van der Waals surface area contributed by atoms with E-state index in [9.17, 15) is 48.3 Å². The van der Waals surface area contributed by atoms with Crippen molar-refractivity contribution in [2.45, 2.75) is 70.9 Å². The molecule has 0 spiro atoms. The number of carbonyl (C=O) groups excluding carboxylic acids is 7. The van der Waals surface area contributed by atoms with Gasteiger partial charge in [-0.25, -0.2) is 19.1 Å². The number of nitrogens with two attached hydrogens (primary N) is 1. The van der Waals surface area contributed by atoms with Gasteiger partial charge >= 0.3 is 24.2 Å². The van der Waals surface area contributed by atoms with Crippen LogP contribution in [-0.4, -0.2) is 240 Å². The van der Waals surface area contributed by atoms with Crippen molar-refractivity contribution in [2.24, 2.45) is 5.73 Å². The van der Waals surface area contributed by atoms with Crippen LogP contribution in [0.3, 0.4) is 0 Å². The molecule has 2 aromatic rings. The summed E-state index contributed by atoms with van der Waals surface area (Å²) in [6.45, 7) is 5.13. The predicted octanol–water partition coefficient (Wildman–Crippen LogP) is -0.607. The Morgan fingerprint density at radius 3 is 1.76 bits per heavy atom. The first-order valence-electron chi connectivity index (χ1n) is 26.5. The highest BCUT2D eigenvalue weighted by molar-refractivity contribution is 6.02. The number of nitrogens with one attached hydrogen (secondary N) is 4. The summed E-state index contributed by atoms with van der Waals surface area (Å²) in [6.07, 6.45) is -0.343. The van der Waals surface area contributed by atoms with E-state index in [1.54, 1.807) is 6.20 Å². The summed E-state index contributed by atoms with van der Waals surface area (Å²) in [7, 11) is 1.44. The Kier molecular flexibility index (Phi) is 35.9. The number of primary amides is 1. The fraction of sp³-hybridized carbons (Fsp3) is 0.660. The molecule has 1 aliphatic rings. The van der Waals surface area contributed by atoms with Crippen LogP contribution < -0.4 is 27.0 Å². The van der Waals surface area contributed by atoms with E-state index in [0.29, 0.717) is 122 Å². The molecule has 460 valence electrons. The van der Waals surface area contributed by atoms with Crippen LogP contribution in [0.5, 0.6) is 0 Å². The number of hydrogen-bond donors (Lipinski definition) is 7. The molecule has 1 aromatic heterocycles. The summed E-state index contributed by atoms with van der Waals surface area (Å²) in [6, 6.07) is 2.49. The zero-order chi connectivity index (χ0) is 59.6. The largest absolute Gasteiger partial charge is 0.506 e. The maximum absolute atomic E-state index is 13.6. The van der Waals surface area contributed by atoms with Crippen LogP contribution in [0.25, 0.3) is 0 Å². The molecular formula is C50H78N10O22. The number of ether oxygens (including phenoxy) is 11. The lowest BCUT2D eigenvalue weighted by Crippen LogP contribution is -2.47. The second-order valence-corrected chi connectivity index (χ2v) is 17.6. The normalized spacial score (nSPS) is 12.5. The van der Waals surface area contributed by atoms with Gasteiger partial charge in [0.2, 0.25) is 29.5 Å². The second-order valence-electron chi connectivity index (χ2n) is 17.6. The Morgan fingerprint density at radius 1 is 0.659 bits per heavy atom. The highest BCUT2D eigenvalue weighted by Gasteiger charge is 2.28. The minimum Gasteiger partial charge on any atom is -0.481 e. The molecule has 8 N–H and O–H groups in total. The minimum atomic E-state index is -1.54. The number of nitrogens with zero attached hydrogens (tertiary/aromatic N) is 5. The summed E-state index contributed by atoms with van der Waals surface area (Å²) in [5.41, 5.74) is 6.45. The summed E-state index contributed by atoms with van der Waals surface area (Å²) in [5.74, 6) is -3.40. The van der Waals surface area contributed by atoms with Crippen LogP contribution in [-0.2, 0) is 107 Å². The van der Waals surface area contributed by atoms with Crippen LogP contribution in [0.15, 0.2) is 24.4 Å². The van der Waals surface area contributed by atoms with Gasteiger partial charge in [-0.05, 0) is 36.1 Å². The molecule has 1 saturated heterocycles. The van der Waals surface area contributed by atoms with Crippen molar-refractivity contribution in [3.8, 4) is 0 Å². The van der Waals surface area contributed by atoms with Crippen molar-refractivity contribution in [1.82, 2.24) is 40.7 Å². The average molecular weight is 1170 g/mol. The van der Waals surface area contributed by atoms with Gasteiger partial charge in [0.25, 0.3) is 0 Å². The minimum absolute atomic E-state index is 0.0276. The number of rotatable bonds is 48. The van der Waals surface area contributed by atoms with E-state index in [-0.39, 0.29) is 102 Å². The Hall–Kier alpha value is -7.17.